The van der Waals surface area contributed by atoms with E-state index in [1.807, 2.05) is 17.7 Å². The van der Waals surface area contributed by atoms with Gasteiger partial charge in [-0.05, 0) is 19.8 Å². The predicted molar refractivity (Wildman–Crippen MR) is 78.2 cm³/mol. The number of carbonyl (C=O) groups excluding carboxylic acids is 1. The zero-order valence-electron chi connectivity index (χ0n) is 12.1. The molecule has 110 valence electrons. The van der Waals surface area contributed by atoms with Crippen LogP contribution in [0, 0.1) is 6.92 Å². The van der Waals surface area contributed by atoms with Gasteiger partial charge in [0.05, 0.1) is 12.4 Å². The molecular formula is C15H19N5O. The van der Waals surface area contributed by atoms with Crippen LogP contribution in [0.5, 0.6) is 0 Å². The Bertz CT molecular complexity index is 630. The van der Waals surface area contributed by atoms with E-state index in [0.717, 1.165) is 18.7 Å². The van der Waals surface area contributed by atoms with Gasteiger partial charge in [0.15, 0.2) is 5.82 Å². The molecule has 0 atom stereocenters. The molecule has 1 saturated carbocycles. The van der Waals surface area contributed by atoms with Crippen molar-refractivity contribution in [2.24, 2.45) is 0 Å². The first-order chi connectivity index (χ1) is 10.2. The molecule has 1 N–H and O–H groups in total. The molecule has 1 aliphatic carbocycles. The molecule has 0 radical (unpaired) electrons. The topological polar surface area (TPSA) is 72.7 Å². The third-order valence-electron chi connectivity index (χ3n) is 3.87. The van der Waals surface area contributed by atoms with E-state index < -0.39 is 0 Å². The van der Waals surface area contributed by atoms with Crippen molar-refractivity contribution >= 4 is 5.91 Å². The molecule has 1 fully saturated rings. The van der Waals surface area contributed by atoms with Crippen LogP contribution in [0.1, 0.15) is 48.4 Å². The number of nitrogens with zero attached hydrogens (tertiary/aromatic N) is 4. The SMILES string of the molecule is Cc1nccn1-c1cncc(C(=O)NC2CCCCC2)n1. The Morgan fingerprint density at radius 3 is 2.81 bits per heavy atom. The maximum absolute atomic E-state index is 12.3. The third kappa shape index (κ3) is 3.09. The van der Waals surface area contributed by atoms with Crippen molar-refractivity contribution in [1.29, 1.82) is 0 Å². The lowest BCUT2D eigenvalue weighted by atomic mass is 9.95. The summed E-state index contributed by atoms with van der Waals surface area (Å²) < 4.78 is 1.81. The number of hydrogen-bond donors (Lipinski definition) is 1. The van der Waals surface area contributed by atoms with Crippen LogP contribution in [0.25, 0.3) is 5.82 Å². The van der Waals surface area contributed by atoms with Crippen molar-refractivity contribution < 1.29 is 4.79 Å². The largest absolute Gasteiger partial charge is 0.348 e. The van der Waals surface area contributed by atoms with Crippen LogP contribution < -0.4 is 5.32 Å². The number of aromatic nitrogens is 4. The van der Waals surface area contributed by atoms with Gasteiger partial charge in [-0.15, -0.1) is 0 Å². The summed E-state index contributed by atoms with van der Waals surface area (Å²) in [6, 6.07) is 0.270. The molecule has 0 aliphatic heterocycles. The summed E-state index contributed by atoms with van der Waals surface area (Å²) in [4.78, 5) is 25.0. The summed E-state index contributed by atoms with van der Waals surface area (Å²) in [7, 11) is 0. The predicted octanol–water partition coefficient (Wildman–Crippen LogP) is 2.03. The number of rotatable bonds is 3. The van der Waals surface area contributed by atoms with E-state index in [4.69, 9.17) is 0 Å². The van der Waals surface area contributed by atoms with Crippen LogP contribution in [0.2, 0.25) is 0 Å². The summed E-state index contributed by atoms with van der Waals surface area (Å²) in [5.74, 6) is 1.28. The van der Waals surface area contributed by atoms with E-state index in [-0.39, 0.29) is 11.9 Å². The molecule has 1 aliphatic rings. The van der Waals surface area contributed by atoms with Crippen molar-refractivity contribution in [3.8, 4) is 5.82 Å². The highest BCUT2D eigenvalue weighted by Gasteiger charge is 2.18. The molecule has 1 amide bonds. The highest BCUT2D eigenvalue weighted by Crippen LogP contribution is 2.17. The molecule has 0 bridgehead atoms. The number of carbonyl (C=O) groups is 1. The van der Waals surface area contributed by atoms with Crippen LogP contribution >= 0.6 is 0 Å². The molecule has 2 aromatic rings. The Balaban J connectivity index is 1.76. The highest BCUT2D eigenvalue weighted by molar-refractivity contribution is 5.92. The fourth-order valence-electron chi connectivity index (χ4n) is 2.71. The molecule has 0 aromatic carbocycles. The summed E-state index contributed by atoms with van der Waals surface area (Å²) in [5, 5.41) is 3.06. The van der Waals surface area contributed by atoms with E-state index in [1.165, 1.54) is 25.5 Å². The van der Waals surface area contributed by atoms with Gasteiger partial charge in [-0.2, -0.15) is 0 Å². The minimum atomic E-state index is -0.144. The van der Waals surface area contributed by atoms with Gasteiger partial charge >= 0.3 is 0 Å². The maximum Gasteiger partial charge on any atom is 0.271 e. The summed E-state index contributed by atoms with van der Waals surface area (Å²) >= 11 is 0. The number of amides is 1. The van der Waals surface area contributed by atoms with E-state index in [1.54, 1.807) is 12.4 Å². The second-order valence-corrected chi connectivity index (χ2v) is 5.42. The minimum Gasteiger partial charge on any atom is -0.348 e. The van der Waals surface area contributed by atoms with Crippen LogP contribution in [-0.2, 0) is 0 Å². The Kier molecular flexibility index (Phi) is 3.94. The Morgan fingerprint density at radius 2 is 2.10 bits per heavy atom. The van der Waals surface area contributed by atoms with Gasteiger partial charge in [0.25, 0.3) is 5.91 Å². The monoisotopic (exact) mass is 285 g/mol. The maximum atomic E-state index is 12.3. The van der Waals surface area contributed by atoms with Gasteiger partial charge in [0, 0.05) is 18.4 Å². The molecule has 0 unspecified atom stereocenters. The first kappa shape index (κ1) is 13.7. The lowest BCUT2D eigenvalue weighted by molar-refractivity contribution is 0.0922. The molecule has 6 heteroatoms. The van der Waals surface area contributed by atoms with Gasteiger partial charge in [-0.25, -0.2) is 9.97 Å². The molecule has 21 heavy (non-hydrogen) atoms. The van der Waals surface area contributed by atoms with Crippen molar-refractivity contribution in [2.75, 3.05) is 0 Å². The first-order valence-electron chi connectivity index (χ1n) is 7.37. The zero-order valence-corrected chi connectivity index (χ0v) is 12.1. The second-order valence-electron chi connectivity index (χ2n) is 5.42. The molecular weight excluding hydrogens is 266 g/mol. The van der Waals surface area contributed by atoms with Crippen molar-refractivity contribution in [2.45, 2.75) is 45.1 Å². The molecule has 2 heterocycles. The zero-order chi connectivity index (χ0) is 14.7. The molecule has 0 spiro atoms. The fourth-order valence-corrected chi connectivity index (χ4v) is 2.71. The van der Waals surface area contributed by atoms with E-state index in [2.05, 4.69) is 20.3 Å². The quantitative estimate of drug-likeness (QED) is 0.936. The molecule has 6 nitrogen and oxygen atoms in total. The lowest BCUT2D eigenvalue weighted by Crippen LogP contribution is -2.36. The Morgan fingerprint density at radius 1 is 1.29 bits per heavy atom. The number of hydrogen-bond acceptors (Lipinski definition) is 4. The first-order valence-corrected chi connectivity index (χ1v) is 7.37. The third-order valence-corrected chi connectivity index (χ3v) is 3.87. The smallest absolute Gasteiger partial charge is 0.271 e. The van der Waals surface area contributed by atoms with Crippen LogP contribution in [0.3, 0.4) is 0 Å². The number of aryl methyl sites for hydroxylation is 1. The van der Waals surface area contributed by atoms with E-state index in [0.29, 0.717) is 11.5 Å². The van der Waals surface area contributed by atoms with Gasteiger partial charge in [0.2, 0.25) is 0 Å². The van der Waals surface area contributed by atoms with E-state index in [9.17, 15) is 4.79 Å². The number of imidazole rings is 1. The van der Waals surface area contributed by atoms with Crippen molar-refractivity contribution in [3.05, 3.63) is 36.3 Å². The molecule has 3 rings (SSSR count). The van der Waals surface area contributed by atoms with E-state index >= 15 is 0 Å². The van der Waals surface area contributed by atoms with Crippen molar-refractivity contribution in [1.82, 2.24) is 24.8 Å². The minimum absolute atomic E-state index is 0.144. The molecule has 2 aromatic heterocycles. The van der Waals surface area contributed by atoms with Crippen molar-refractivity contribution in [3.63, 3.8) is 0 Å². The number of nitrogens with one attached hydrogen (secondary N) is 1. The molecule has 0 saturated heterocycles. The second kappa shape index (κ2) is 6.03. The average molecular weight is 285 g/mol. The standard InChI is InChI=1S/C15H19N5O/c1-11-17-7-8-20(11)14-10-16-9-13(19-14)15(21)18-12-5-3-2-4-6-12/h7-10,12H,2-6H2,1H3,(H,18,21). The Labute approximate surface area is 123 Å². The fraction of sp³-hybridized carbons (Fsp3) is 0.467. The normalized spacial score (nSPS) is 15.9. The van der Waals surface area contributed by atoms with Gasteiger partial charge < -0.3 is 5.32 Å². The van der Waals surface area contributed by atoms with Gasteiger partial charge in [-0.3, -0.25) is 14.3 Å². The van der Waals surface area contributed by atoms with Crippen LogP contribution in [-0.4, -0.2) is 31.5 Å². The van der Waals surface area contributed by atoms with Gasteiger partial charge in [0.1, 0.15) is 11.5 Å². The summed E-state index contributed by atoms with van der Waals surface area (Å²) in [5.41, 5.74) is 0.353. The Hall–Kier alpha value is -2.24. The highest BCUT2D eigenvalue weighted by atomic mass is 16.1. The summed E-state index contributed by atoms with van der Waals surface area (Å²) in [6.45, 7) is 1.89. The van der Waals surface area contributed by atoms with Crippen LogP contribution in [0.15, 0.2) is 24.8 Å². The lowest BCUT2D eigenvalue weighted by Gasteiger charge is -2.22. The average Bonchev–Trinajstić information content (AvgIpc) is 2.94. The van der Waals surface area contributed by atoms with Crippen LogP contribution in [0.4, 0.5) is 0 Å². The van der Waals surface area contributed by atoms with Gasteiger partial charge in [-0.1, -0.05) is 19.3 Å². The summed E-state index contributed by atoms with van der Waals surface area (Å²) in [6.07, 6.45) is 12.4.